The standard InChI is InChI=1S/C40H70N2O9/c1-14-31-40(11,48)34(45)27(6)41(12)21-23(2)20-39(10,47)35(25(4)32(43)26(5)36(46)50-31)51-37-33(44)30(19-24(3)49-37)42(13)22-28-15-17-29(18-16-28)38(7,8)9/h15-18,23-27,30-35,37,43-45,47-48H,14,19-22H2,1-13H3/t23-,24-,25+,26-,27-,30+,31-,32+,33-,34-,35-,37+,39-,40-/m1/s1. The first kappa shape index (κ1) is 43.7. The van der Waals surface area contributed by atoms with Crippen molar-refractivity contribution in [2.75, 3.05) is 20.6 Å². The summed E-state index contributed by atoms with van der Waals surface area (Å²) in [4.78, 5) is 17.5. The molecule has 2 fully saturated rings. The summed E-state index contributed by atoms with van der Waals surface area (Å²) in [5.41, 5.74) is -0.894. The van der Waals surface area contributed by atoms with Gasteiger partial charge in [-0.05, 0) is 90.4 Å². The molecule has 11 nitrogen and oxygen atoms in total. The number of hydrogen-bond donors (Lipinski definition) is 5. The van der Waals surface area contributed by atoms with Crippen molar-refractivity contribution in [3.63, 3.8) is 0 Å². The summed E-state index contributed by atoms with van der Waals surface area (Å²) in [7, 11) is 3.81. The lowest BCUT2D eigenvalue weighted by Gasteiger charge is -2.47. The number of aliphatic hydroxyl groups is 5. The smallest absolute Gasteiger partial charge is 0.311 e. The molecule has 0 unspecified atom stereocenters. The van der Waals surface area contributed by atoms with Gasteiger partial charge >= 0.3 is 5.97 Å². The Bertz CT molecular complexity index is 1250. The first-order chi connectivity index (χ1) is 23.4. The first-order valence-electron chi connectivity index (χ1n) is 18.9. The number of carbonyl (C=O) groups excluding carboxylic acids is 1. The molecule has 0 radical (unpaired) electrons. The minimum Gasteiger partial charge on any atom is -0.459 e. The fourth-order valence-corrected chi connectivity index (χ4v) is 8.18. The van der Waals surface area contributed by atoms with Crippen molar-refractivity contribution in [1.82, 2.24) is 9.80 Å². The lowest BCUT2D eigenvalue weighted by molar-refractivity contribution is -0.300. The van der Waals surface area contributed by atoms with Crippen LogP contribution in [0.2, 0.25) is 0 Å². The van der Waals surface area contributed by atoms with Crippen LogP contribution in [0.15, 0.2) is 24.3 Å². The first-order valence-corrected chi connectivity index (χ1v) is 18.9. The largest absolute Gasteiger partial charge is 0.459 e. The Morgan fingerprint density at radius 3 is 2.14 bits per heavy atom. The van der Waals surface area contributed by atoms with Crippen LogP contribution in [0, 0.1) is 17.8 Å². The van der Waals surface area contributed by atoms with Crippen LogP contribution in [0.4, 0.5) is 0 Å². The van der Waals surface area contributed by atoms with Crippen LogP contribution in [0.25, 0.3) is 0 Å². The fourth-order valence-electron chi connectivity index (χ4n) is 8.18. The van der Waals surface area contributed by atoms with E-state index < -0.39 is 71.9 Å². The number of benzene rings is 1. The van der Waals surface area contributed by atoms with Gasteiger partial charge in [0.15, 0.2) is 6.29 Å². The minimum absolute atomic E-state index is 0.0457. The summed E-state index contributed by atoms with van der Waals surface area (Å²) in [6, 6.07) is 7.69. The van der Waals surface area contributed by atoms with E-state index in [4.69, 9.17) is 14.2 Å². The van der Waals surface area contributed by atoms with Gasteiger partial charge in [-0.25, -0.2) is 0 Å². The van der Waals surface area contributed by atoms with E-state index >= 15 is 0 Å². The molecule has 294 valence electrons. The highest BCUT2D eigenvalue weighted by molar-refractivity contribution is 5.73. The number of likely N-dealkylation sites (N-methyl/N-ethyl adjacent to an activating group) is 2. The van der Waals surface area contributed by atoms with Crippen molar-refractivity contribution in [3.05, 3.63) is 35.4 Å². The number of carbonyl (C=O) groups is 1. The molecule has 0 aliphatic carbocycles. The van der Waals surface area contributed by atoms with Crippen molar-refractivity contribution in [3.8, 4) is 0 Å². The Labute approximate surface area is 307 Å². The van der Waals surface area contributed by atoms with E-state index in [9.17, 15) is 30.3 Å². The molecular formula is C40H70N2O9. The molecule has 3 rings (SSSR count). The molecule has 51 heavy (non-hydrogen) atoms. The topological polar surface area (TPSA) is 152 Å². The van der Waals surface area contributed by atoms with Crippen LogP contribution in [0.1, 0.15) is 107 Å². The quantitative estimate of drug-likeness (QED) is 0.273. The number of hydrogen-bond acceptors (Lipinski definition) is 11. The predicted octanol–water partition coefficient (Wildman–Crippen LogP) is 3.84. The Kier molecular flexibility index (Phi) is 14.8. The van der Waals surface area contributed by atoms with E-state index in [2.05, 4.69) is 49.9 Å². The zero-order valence-corrected chi connectivity index (χ0v) is 33.5. The van der Waals surface area contributed by atoms with Gasteiger partial charge in [0.25, 0.3) is 0 Å². The van der Waals surface area contributed by atoms with Gasteiger partial charge in [-0.15, -0.1) is 0 Å². The summed E-state index contributed by atoms with van der Waals surface area (Å²) in [6.07, 6.45) is -6.08. The van der Waals surface area contributed by atoms with Gasteiger partial charge in [0.2, 0.25) is 0 Å². The van der Waals surface area contributed by atoms with E-state index in [0.717, 1.165) is 5.56 Å². The summed E-state index contributed by atoms with van der Waals surface area (Å²) < 4.78 is 18.6. The Morgan fingerprint density at radius 2 is 1.59 bits per heavy atom. The number of ether oxygens (including phenoxy) is 3. The lowest BCUT2D eigenvalue weighted by Crippen LogP contribution is -2.59. The Balaban J connectivity index is 1.93. The van der Waals surface area contributed by atoms with Gasteiger partial charge in [0, 0.05) is 31.1 Å². The molecule has 2 saturated heterocycles. The second-order valence-corrected chi connectivity index (χ2v) is 17.5. The normalized spacial score (nSPS) is 41.5. The highest BCUT2D eigenvalue weighted by Crippen LogP contribution is 2.37. The molecule has 11 heteroatoms. The van der Waals surface area contributed by atoms with Gasteiger partial charge < -0.3 is 44.6 Å². The van der Waals surface area contributed by atoms with Crippen molar-refractivity contribution < 1.29 is 44.5 Å². The highest BCUT2D eigenvalue weighted by atomic mass is 16.7. The second kappa shape index (κ2) is 17.2. The van der Waals surface area contributed by atoms with Crippen molar-refractivity contribution >= 4 is 5.97 Å². The predicted molar refractivity (Wildman–Crippen MR) is 198 cm³/mol. The Hall–Kier alpha value is -1.67. The van der Waals surface area contributed by atoms with Gasteiger partial charge in [-0.2, -0.15) is 0 Å². The molecule has 0 spiro atoms. The van der Waals surface area contributed by atoms with Crippen molar-refractivity contribution in [2.24, 2.45) is 17.8 Å². The average Bonchev–Trinajstić information content (AvgIpc) is 3.04. The molecule has 2 aliphatic rings. The minimum atomic E-state index is -1.76. The fraction of sp³-hybridized carbons (Fsp3) is 0.825. The van der Waals surface area contributed by atoms with E-state index in [0.29, 0.717) is 19.5 Å². The van der Waals surface area contributed by atoms with E-state index in [1.165, 1.54) is 19.4 Å². The molecule has 1 aromatic carbocycles. The molecule has 2 heterocycles. The average molecular weight is 723 g/mol. The maximum absolute atomic E-state index is 13.5. The lowest BCUT2D eigenvalue weighted by atomic mass is 9.78. The van der Waals surface area contributed by atoms with Gasteiger partial charge in [-0.3, -0.25) is 9.69 Å². The van der Waals surface area contributed by atoms with Gasteiger partial charge in [0.1, 0.15) is 23.9 Å². The van der Waals surface area contributed by atoms with Gasteiger partial charge in [0.05, 0.1) is 29.8 Å². The molecule has 14 atom stereocenters. The van der Waals surface area contributed by atoms with E-state index in [1.807, 2.05) is 32.8 Å². The van der Waals surface area contributed by atoms with E-state index in [-0.39, 0.29) is 36.3 Å². The molecule has 0 bridgehead atoms. The van der Waals surface area contributed by atoms with E-state index in [1.54, 1.807) is 27.7 Å². The van der Waals surface area contributed by atoms with Crippen LogP contribution < -0.4 is 0 Å². The van der Waals surface area contributed by atoms with Crippen LogP contribution in [0.5, 0.6) is 0 Å². The zero-order chi connectivity index (χ0) is 38.8. The summed E-state index contributed by atoms with van der Waals surface area (Å²) in [6.45, 7) is 21.5. The zero-order valence-electron chi connectivity index (χ0n) is 33.5. The van der Waals surface area contributed by atoms with Crippen molar-refractivity contribution in [2.45, 2.75) is 174 Å². The third-order valence-corrected chi connectivity index (χ3v) is 11.6. The SMILES string of the molecule is CC[C@H]1OC(=O)[C@H](C)[C@@H](O)[C@H](C)[C@@H](O[C@@H]2O[C@H](C)C[C@H](N(C)Cc3ccc(C(C)(C)C)cc3)[C@H]2O)[C@](C)(O)C[C@@H](C)CN(C)[C@H](C)[C@@H](O)[C@]1(C)O. The molecule has 0 saturated carbocycles. The summed E-state index contributed by atoms with van der Waals surface area (Å²) in [5.74, 6) is -2.74. The Morgan fingerprint density at radius 1 is 1.00 bits per heavy atom. The van der Waals surface area contributed by atoms with Gasteiger partial charge in [-0.1, -0.05) is 65.8 Å². The third-order valence-electron chi connectivity index (χ3n) is 11.6. The monoisotopic (exact) mass is 723 g/mol. The highest BCUT2D eigenvalue weighted by Gasteiger charge is 2.50. The van der Waals surface area contributed by atoms with Crippen molar-refractivity contribution in [1.29, 1.82) is 0 Å². The third kappa shape index (κ3) is 10.5. The number of esters is 1. The molecule has 2 aliphatic heterocycles. The maximum atomic E-state index is 13.5. The molecule has 0 aromatic heterocycles. The summed E-state index contributed by atoms with van der Waals surface area (Å²) >= 11 is 0. The molecular weight excluding hydrogens is 652 g/mol. The van der Waals surface area contributed by atoms with Crippen LogP contribution in [-0.2, 0) is 31.0 Å². The summed E-state index contributed by atoms with van der Waals surface area (Å²) in [5, 5.41) is 58.4. The number of rotatable bonds is 6. The maximum Gasteiger partial charge on any atom is 0.311 e. The molecule has 1 aromatic rings. The molecule has 0 amide bonds. The number of aliphatic hydroxyl groups excluding tert-OH is 3. The van der Waals surface area contributed by atoms with Crippen LogP contribution in [0.3, 0.4) is 0 Å². The number of nitrogens with zero attached hydrogens (tertiary/aromatic N) is 2. The second-order valence-electron chi connectivity index (χ2n) is 17.5. The number of cyclic esters (lactones) is 1. The van der Waals surface area contributed by atoms with Crippen LogP contribution in [-0.4, -0.2) is 128 Å². The van der Waals surface area contributed by atoms with Crippen LogP contribution >= 0.6 is 0 Å². The molecule has 5 N–H and O–H groups in total.